The summed E-state index contributed by atoms with van der Waals surface area (Å²) in [4.78, 5) is 28.3. The molecule has 31 heavy (non-hydrogen) atoms. The number of amides is 1. The number of Topliss-reactive ketones (excluding diaryl/α,β-unsaturated/α-hetero) is 1. The van der Waals surface area contributed by atoms with Gasteiger partial charge in [0.15, 0.2) is 0 Å². The van der Waals surface area contributed by atoms with Gasteiger partial charge in [-0.2, -0.15) is 0 Å². The number of likely N-dealkylation sites (tertiary alicyclic amines) is 1. The molecule has 1 unspecified atom stereocenters. The molecule has 1 aliphatic heterocycles. The van der Waals surface area contributed by atoms with Crippen molar-refractivity contribution >= 4 is 28.8 Å². The molecule has 158 valence electrons. The van der Waals surface area contributed by atoms with E-state index in [-0.39, 0.29) is 17.9 Å². The fraction of sp³-hybridized carbons (Fsp3) is 0.167. The predicted molar refractivity (Wildman–Crippen MR) is 118 cm³/mol. The summed E-state index contributed by atoms with van der Waals surface area (Å²) in [5.41, 5.74) is 1.39. The van der Waals surface area contributed by atoms with Crippen molar-refractivity contribution in [1.82, 2.24) is 4.90 Å². The summed E-state index contributed by atoms with van der Waals surface area (Å²) in [7, 11) is 3.14. The highest BCUT2D eigenvalue weighted by Crippen LogP contribution is 2.42. The lowest BCUT2D eigenvalue weighted by atomic mass is 9.99. The molecule has 7 heteroatoms. The maximum Gasteiger partial charge on any atom is 0.295 e. The Morgan fingerprint density at radius 1 is 0.968 bits per heavy atom. The zero-order chi connectivity index (χ0) is 22.0. The zero-order valence-corrected chi connectivity index (χ0v) is 17.9. The van der Waals surface area contributed by atoms with Crippen molar-refractivity contribution in [3.63, 3.8) is 0 Å². The van der Waals surface area contributed by atoms with Crippen molar-refractivity contribution in [2.24, 2.45) is 0 Å². The SMILES string of the molecule is COc1ccc(CN2C(=O)C(=O)/C(=C(\O)c3ccc(OC)cc3)C2c2cccs2)cc1. The first-order valence-electron chi connectivity index (χ1n) is 9.62. The topological polar surface area (TPSA) is 76.1 Å². The molecule has 1 N–H and O–H groups in total. The minimum absolute atomic E-state index is 0.0890. The van der Waals surface area contributed by atoms with Gasteiger partial charge in [-0.3, -0.25) is 9.59 Å². The number of aliphatic hydroxyl groups excluding tert-OH is 1. The third-order valence-corrected chi connectivity index (χ3v) is 6.15. The van der Waals surface area contributed by atoms with E-state index in [1.807, 2.05) is 41.8 Å². The number of thiophene rings is 1. The summed E-state index contributed by atoms with van der Waals surface area (Å²) in [5.74, 6) is -0.187. The van der Waals surface area contributed by atoms with E-state index in [1.165, 1.54) is 16.2 Å². The number of rotatable bonds is 6. The second-order valence-electron chi connectivity index (χ2n) is 7.02. The number of nitrogens with zero attached hydrogens (tertiary/aromatic N) is 1. The number of ketones is 1. The third-order valence-electron chi connectivity index (χ3n) is 5.23. The van der Waals surface area contributed by atoms with Gasteiger partial charge in [0, 0.05) is 17.0 Å². The second-order valence-corrected chi connectivity index (χ2v) is 8.00. The summed E-state index contributed by atoms with van der Waals surface area (Å²) in [6.45, 7) is 0.233. The Bertz CT molecular complexity index is 1120. The Labute approximate surface area is 184 Å². The van der Waals surface area contributed by atoms with Crippen LogP contribution < -0.4 is 9.47 Å². The molecule has 6 nitrogen and oxygen atoms in total. The molecule has 2 aromatic carbocycles. The summed E-state index contributed by atoms with van der Waals surface area (Å²) in [6.07, 6.45) is 0. The van der Waals surface area contributed by atoms with Crippen molar-refractivity contribution in [1.29, 1.82) is 0 Å². The summed E-state index contributed by atoms with van der Waals surface area (Å²) in [5, 5.41) is 12.9. The molecule has 1 fully saturated rings. The molecule has 0 aliphatic carbocycles. The highest BCUT2D eigenvalue weighted by Gasteiger charge is 2.46. The molecule has 0 radical (unpaired) electrons. The predicted octanol–water partition coefficient (Wildman–Crippen LogP) is 4.39. The maximum atomic E-state index is 13.0. The Morgan fingerprint density at radius 3 is 2.13 bits per heavy atom. The minimum Gasteiger partial charge on any atom is -0.507 e. The Morgan fingerprint density at radius 2 is 1.58 bits per heavy atom. The van der Waals surface area contributed by atoms with Gasteiger partial charge in [0.25, 0.3) is 11.7 Å². The minimum atomic E-state index is -0.694. The van der Waals surface area contributed by atoms with Crippen LogP contribution in [0.1, 0.15) is 22.0 Å². The standard InChI is InChI=1S/C24H21NO5S/c1-29-17-9-5-15(6-10-17)14-25-21(19-4-3-13-31-19)20(23(27)24(25)28)22(26)16-7-11-18(30-2)12-8-16/h3-13,21,26H,14H2,1-2H3/b22-20-. The van der Waals surface area contributed by atoms with Crippen LogP contribution in [-0.2, 0) is 16.1 Å². The molecule has 1 aromatic heterocycles. The average Bonchev–Trinajstić information content (AvgIpc) is 3.42. The Kier molecular flexibility index (Phi) is 5.77. The number of ether oxygens (including phenoxy) is 2. The van der Waals surface area contributed by atoms with Crippen LogP contribution in [0.3, 0.4) is 0 Å². The first-order chi connectivity index (χ1) is 15.0. The van der Waals surface area contributed by atoms with Gasteiger partial charge in [-0.1, -0.05) is 18.2 Å². The van der Waals surface area contributed by atoms with E-state index in [2.05, 4.69) is 0 Å². The fourth-order valence-corrected chi connectivity index (χ4v) is 4.46. The molecule has 0 saturated carbocycles. The van der Waals surface area contributed by atoms with Gasteiger partial charge in [-0.05, 0) is 53.4 Å². The molecule has 1 amide bonds. The van der Waals surface area contributed by atoms with Gasteiger partial charge in [0.1, 0.15) is 17.3 Å². The van der Waals surface area contributed by atoms with Crippen molar-refractivity contribution in [2.45, 2.75) is 12.6 Å². The van der Waals surface area contributed by atoms with Gasteiger partial charge >= 0.3 is 0 Å². The number of hydrogen-bond donors (Lipinski definition) is 1. The van der Waals surface area contributed by atoms with Gasteiger partial charge in [0.05, 0.1) is 25.8 Å². The monoisotopic (exact) mass is 435 g/mol. The first-order valence-corrected chi connectivity index (χ1v) is 10.5. The summed E-state index contributed by atoms with van der Waals surface area (Å²) < 4.78 is 10.3. The normalized spacial score (nSPS) is 17.7. The van der Waals surface area contributed by atoms with Gasteiger partial charge < -0.3 is 19.5 Å². The van der Waals surface area contributed by atoms with Crippen molar-refractivity contribution in [3.8, 4) is 11.5 Å². The van der Waals surface area contributed by atoms with E-state index in [9.17, 15) is 14.7 Å². The largest absolute Gasteiger partial charge is 0.507 e. The van der Waals surface area contributed by atoms with Crippen LogP contribution in [0.25, 0.3) is 5.76 Å². The van der Waals surface area contributed by atoms with Crippen molar-refractivity contribution in [2.75, 3.05) is 14.2 Å². The molecule has 2 heterocycles. The fourth-order valence-electron chi connectivity index (χ4n) is 3.62. The summed E-state index contributed by atoms with van der Waals surface area (Å²) in [6, 6.07) is 17.1. The lowest BCUT2D eigenvalue weighted by Crippen LogP contribution is -2.28. The zero-order valence-electron chi connectivity index (χ0n) is 17.1. The molecule has 4 rings (SSSR count). The molecule has 3 aromatic rings. The average molecular weight is 436 g/mol. The van der Waals surface area contributed by atoms with Crippen LogP contribution in [0.5, 0.6) is 11.5 Å². The van der Waals surface area contributed by atoms with E-state index >= 15 is 0 Å². The molecular formula is C24H21NO5S. The van der Waals surface area contributed by atoms with Crippen molar-refractivity contribution < 1.29 is 24.2 Å². The maximum absolute atomic E-state index is 13.0. The van der Waals surface area contributed by atoms with E-state index in [1.54, 1.807) is 38.5 Å². The lowest BCUT2D eigenvalue weighted by Gasteiger charge is -2.24. The molecule has 1 aliphatic rings. The van der Waals surface area contributed by atoms with Gasteiger partial charge in [0.2, 0.25) is 0 Å². The molecule has 0 bridgehead atoms. The number of methoxy groups -OCH3 is 2. The molecule has 0 spiro atoms. The Balaban J connectivity index is 1.77. The van der Waals surface area contributed by atoms with E-state index in [0.717, 1.165) is 10.4 Å². The van der Waals surface area contributed by atoms with E-state index < -0.39 is 17.7 Å². The quantitative estimate of drug-likeness (QED) is 0.353. The van der Waals surface area contributed by atoms with Crippen molar-refractivity contribution in [3.05, 3.63) is 87.6 Å². The van der Waals surface area contributed by atoms with Crippen LogP contribution in [0.15, 0.2) is 71.6 Å². The first kappa shape index (κ1) is 20.7. The highest BCUT2D eigenvalue weighted by atomic mass is 32.1. The number of hydrogen-bond acceptors (Lipinski definition) is 6. The second kappa shape index (κ2) is 8.65. The van der Waals surface area contributed by atoms with Crippen LogP contribution in [0.4, 0.5) is 0 Å². The van der Waals surface area contributed by atoms with Crippen LogP contribution >= 0.6 is 11.3 Å². The summed E-state index contributed by atoms with van der Waals surface area (Å²) >= 11 is 1.44. The van der Waals surface area contributed by atoms with Crippen LogP contribution in [0, 0.1) is 0 Å². The van der Waals surface area contributed by atoms with E-state index in [0.29, 0.717) is 17.1 Å². The number of carbonyl (C=O) groups is 2. The van der Waals surface area contributed by atoms with Crippen LogP contribution in [-0.4, -0.2) is 35.9 Å². The Hall–Kier alpha value is -3.58. The van der Waals surface area contributed by atoms with Crippen LogP contribution in [0.2, 0.25) is 0 Å². The highest BCUT2D eigenvalue weighted by molar-refractivity contribution is 7.10. The van der Waals surface area contributed by atoms with Gasteiger partial charge in [-0.25, -0.2) is 0 Å². The number of benzene rings is 2. The third kappa shape index (κ3) is 3.92. The molecule has 1 atom stereocenters. The molecule has 1 saturated heterocycles. The smallest absolute Gasteiger partial charge is 0.295 e. The lowest BCUT2D eigenvalue weighted by molar-refractivity contribution is -0.140. The van der Waals surface area contributed by atoms with E-state index in [4.69, 9.17) is 9.47 Å². The van der Waals surface area contributed by atoms with Gasteiger partial charge in [-0.15, -0.1) is 11.3 Å². The number of aliphatic hydroxyl groups is 1. The number of carbonyl (C=O) groups excluding carboxylic acids is 2. The molecular weight excluding hydrogens is 414 g/mol.